The Kier molecular flexibility index (Phi) is 18.8. The average Bonchev–Trinajstić information content (AvgIpc) is 2.83. The number of hydrogen-bond donors (Lipinski definition) is 2. The van der Waals surface area contributed by atoms with Crippen LogP contribution in [0.5, 0.6) is 11.5 Å². The number of rotatable bonds is 4. The number of hydrogen-bond acceptors (Lipinski definition) is 2. The van der Waals surface area contributed by atoms with Crippen LogP contribution in [-0.4, -0.2) is 47.0 Å². The molecule has 48 heavy (non-hydrogen) atoms. The van der Waals surface area contributed by atoms with E-state index in [0.717, 1.165) is 0 Å². The van der Waals surface area contributed by atoms with Crippen molar-refractivity contribution in [2.45, 2.75) is 143 Å². The molecule has 0 aliphatic carbocycles. The van der Waals surface area contributed by atoms with Gasteiger partial charge >= 0.3 is 0 Å². The minimum absolute atomic E-state index is 0. The van der Waals surface area contributed by atoms with Crippen LogP contribution in [0.15, 0.2) is 66.7 Å². The minimum atomic E-state index is -1.51. The van der Waals surface area contributed by atoms with Gasteiger partial charge in [0.1, 0.15) is 11.1 Å². The van der Waals surface area contributed by atoms with E-state index in [1.807, 2.05) is 30.3 Å². The van der Waals surface area contributed by atoms with Crippen LogP contribution in [0.25, 0.3) is 0 Å². The van der Waals surface area contributed by atoms with Gasteiger partial charge in [0.25, 0.3) is 0 Å². The molecule has 0 aliphatic heterocycles. The van der Waals surface area contributed by atoms with Crippen LogP contribution < -0.4 is 21.0 Å². The Morgan fingerprint density at radius 2 is 0.938 bits per heavy atom. The largest absolute Gasteiger partial charge is 0.507 e. The first-order valence-electron chi connectivity index (χ1n) is 16.8. The van der Waals surface area contributed by atoms with Crippen LogP contribution in [0, 0.1) is 13.5 Å². The molecule has 2 nitrogen and oxygen atoms in total. The van der Waals surface area contributed by atoms with Crippen molar-refractivity contribution in [2.75, 3.05) is 0 Å². The number of para-hydroxylation sites is 2. The van der Waals surface area contributed by atoms with Gasteiger partial charge in [-0.15, -0.1) is 0 Å². The zero-order chi connectivity index (χ0) is 36.1. The molecular weight excluding hydrogens is 701 g/mol. The molecule has 3 aromatic rings. The van der Waals surface area contributed by atoms with Crippen molar-refractivity contribution in [2.24, 2.45) is 0 Å². The van der Waals surface area contributed by atoms with Gasteiger partial charge in [0.15, 0.2) is 5.75 Å². The Labute approximate surface area is 312 Å². The predicted octanol–water partition coefficient (Wildman–Crippen LogP) is 11.0. The quantitative estimate of drug-likeness (QED) is 0.158. The van der Waals surface area contributed by atoms with E-state index in [-0.39, 0.29) is 44.5 Å². The van der Waals surface area contributed by atoms with Crippen LogP contribution in [0.3, 0.4) is 0 Å². The van der Waals surface area contributed by atoms with Gasteiger partial charge in [-0.3, -0.25) is 0 Å². The van der Waals surface area contributed by atoms with E-state index in [0.29, 0.717) is 11.5 Å². The van der Waals surface area contributed by atoms with Gasteiger partial charge in [-0.2, -0.15) is 36.4 Å². The van der Waals surface area contributed by atoms with Crippen molar-refractivity contribution in [1.29, 1.82) is 0 Å². The minimum Gasteiger partial charge on any atom is -0.507 e. The molecule has 0 unspecified atom stereocenters. The summed E-state index contributed by atoms with van der Waals surface area (Å²) in [5, 5.41) is 27.4. The Morgan fingerprint density at radius 3 is 1.23 bits per heavy atom. The third-order valence-electron chi connectivity index (χ3n) is 7.63. The van der Waals surface area contributed by atoms with Gasteiger partial charge in [0, 0.05) is 37.1 Å². The first-order valence-corrected chi connectivity index (χ1v) is 26.6. The molecule has 3 rings (SSSR count). The molecule has 0 aliphatic rings. The van der Waals surface area contributed by atoms with Gasteiger partial charge in [-0.05, 0) is 68.3 Å². The predicted molar refractivity (Wildman–Crippen MR) is 227 cm³/mol. The molecule has 274 valence electrons. The van der Waals surface area contributed by atoms with Crippen molar-refractivity contribution in [1.82, 2.24) is 0 Å². The SMILES string of the molecule is CC(C)(C)P(c1cccc([Si](C)(C)C)c1O)C(C)(C)C.CC(C)(C)[PH+](c1cccc([Si](C)(C)C)c1O)C(C)(C)C.[CH3+].[Ni].[c-]1ccccc1. The second kappa shape index (κ2) is 18.4. The van der Waals surface area contributed by atoms with E-state index >= 15 is 0 Å². The molecule has 0 fully saturated rings. The van der Waals surface area contributed by atoms with E-state index in [1.54, 1.807) is 0 Å². The Hall–Kier alpha value is -1.08. The molecule has 0 radical (unpaired) electrons. The van der Waals surface area contributed by atoms with E-state index in [4.69, 9.17) is 0 Å². The molecule has 0 saturated heterocycles. The fourth-order valence-electron chi connectivity index (χ4n) is 6.67. The van der Waals surface area contributed by atoms with Crippen molar-refractivity contribution in [3.05, 3.63) is 80.2 Å². The summed E-state index contributed by atoms with van der Waals surface area (Å²) in [6, 6.07) is 25.3. The van der Waals surface area contributed by atoms with E-state index in [1.165, 1.54) is 21.0 Å². The molecule has 0 heterocycles. The van der Waals surface area contributed by atoms with Crippen molar-refractivity contribution in [3.63, 3.8) is 0 Å². The third-order valence-corrected chi connectivity index (χ3v) is 19.1. The maximum absolute atomic E-state index is 10.9. The summed E-state index contributed by atoms with van der Waals surface area (Å²) in [5.74, 6) is 1.16. The maximum atomic E-state index is 10.9. The molecule has 0 spiro atoms. The van der Waals surface area contributed by atoms with Gasteiger partial charge in [0.2, 0.25) is 0 Å². The second-order valence-corrected chi connectivity index (χ2v) is 36.7. The second-order valence-electron chi connectivity index (χ2n) is 18.5. The summed E-state index contributed by atoms with van der Waals surface area (Å²) in [4.78, 5) is 0. The van der Waals surface area contributed by atoms with E-state index in [9.17, 15) is 10.2 Å². The molecule has 0 atom stereocenters. The van der Waals surface area contributed by atoms with Crippen molar-refractivity contribution < 1.29 is 26.7 Å². The monoisotopic (exact) mass is 771 g/mol. The van der Waals surface area contributed by atoms with Gasteiger partial charge in [-0.25, -0.2) is 0 Å². The first-order chi connectivity index (χ1) is 20.5. The van der Waals surface area contributed by atoms with Crippen LogP contribution in [0.1, 0.15) is 83.1 Å². The zero-order valence-electron chi connectivity index (χ0n) is 34.0. The van der Waals surface area contributed by atoms with Crippen molar-refractivity contribution in [3.8, 4) is 11.5 Å². The molecule has 2 N–H and O–H groups in total. The zero-order valence-corrected chi connectivity index (χ0v) is 38.9. The van der Waals surface area contributed by atoms with Crippen LogP contribution >= 0.6 is 15.8 Å². The van der Waals surface area contributed by atoms with Crippen LogP contribution in [0.4, 0.5) is 0 Å². The fraction of sp³-hybridized carbons (Fsp3) is 0.537. The van der Waals surface area contributed by atoms with Gasteiger partial charge in [-0.1, -0.05) is 119 Å². The standard InChI is InChI=1S/2C17H31OPSi.C6H5.CH3.Ni/c2*1-16(2,3)19(17(4,5)6)13-11-10-12-14(15(13)18)20(7,8)9;1-2-4-6-5-3-1;;/h2*10-12,18H,1-9H3;1-5H;1H3;/q;;-1;+1;/p+1. The number of phenols is 2. The number of benzene rings is 3. The summed E-state index contributed by atoms with van der Waals surface area (Å²) in [7, 11) is -4.36. The van der Waals surface area contributed by atoms with E-state index in [2.05, 4.69) is 165 Å². The third kappa shape index (κ3) is 14.6. The first kappa shape index (κ1) is 49.0. The summed E-state index contributed by atoms with van der Waals surface area (Å²) in [6.07, 6.45) is 0. The number of aromatic hydroxyl groups is 2. The normalized spacial score (nSPS) is 12.6. The molecule has 7 heteroatoms. The number of phenolic OH excluding ortho intramolecular Hbond substituents is 2. The molecule has 0 aromatic heterocycles. The maximum Gasteiger partial charge on any atom is 0.156 e. The summed E-state index contributed by atoms with van der Waals surface area (Å²) >= 11 is 0. The van der Waals surface area contributed by atoms with E-state index < -0.39 is 32.0 Å². The van der Waals surface area contributed by atoms with Crippen LogP contribution in [0.2, 0.25) is 39.3 Å². The Bertz CT molecular complexity index is 1220. The summed E-state index contributed by atoms with van der Waals surface area (Å²) in [6.45, 7) is 41.4. The molecule has 3 aromatic carbocycles. The topological polar surface area (TPSA) is 40.5 Å². The van der Waals surface area contributed by atoms with Crippen LogP contribution in [-0.2, 0) is 16.5 Å². The van der Waals surface area contributed by atoms with Gasteiger partial charge in [0.05, 0.1) is 26.5 Å². The van der Waals surface area contributed by atoms with Gasteiger partial charge < -0.3 is 10.2 Å². The van der Waals surface area contributed by atoms with Crippen molar-refractivity contribution >= 4 is 53.0 Å². The molecule has 0 bridgehead atoms. The fourth-order valence-corrected chi connectivity index (χ4v) is 18.3. The molecule has 0 saturated carbocycles. The summed E-state index contributed by atoms with van der Waals surface area (Å²) < 4.78 is 0. The Morgan fingerprint density at radius 1 is 0.562 bits per heavy atom. The Balaban J connectivity index is 0. The molecular formula is C41H71NiO2P2Si2+. The average molecular weight is 773 g/mol. The smallest absolute Gasteiger partial charge is 0.156 e. The molecule has 0 amide bonds. The summed E-state index contributed by atoms with van der Waals surface area (Å²) in [5.41, 5.74) is 0.